The molecule has 0 saturated carbocycles. The number of hydrogen-bond donors (Lipinski definition) is 2. The second kappa shape index (κ2) is 5.53. The van der Waals surface area contributed by atoms with Crippen LogP contribution < -0.4 is 5.32 Å². The van der Waals surface area contributed by atoms with Gasteiger partial charge in [0.2, 0.25) is 0 Å². The van der Waals surface area contributed by atoms with Crippen molar-refractivity contribution in [1.29, 1.82) is 0 Å². The molecule has 1 amide bonds. The number of ketones is 1. The molecule has 0 bridgehead atoms. The third-order valence-electron chi connectivity index (χ3n) is 4.49. The normalized spacial score (nSPS) is 21.4. The van der Waals surface area contributed by atoms with Crippen molar-refractivity contribution in [2.24, 2.45) is 0 Å². The van der Waals surface area contributed by atoms with Crippen molar-refractivity contribution in [2.75, 3.05) is 11.5 Å². The van der Waals surface area contributed by atoms with Crippen molar-refractivity contribution in [1.82, 2.24) is 10.3 Å². The number of fused-ring (bicyclic) bond motifs is 1. The van der Waals surface area contributed by atoms with E-state index in [4.69, 9.17) is 0 Å². The highest BCUT2D eigenvalue weighted by molar-refractivity contribution is 7.91. The van der Waals surface area contributed by atoms with Crippen LogP contribution in [0.2, 0.25) is 0 Å². The van der Waals surface area contributed by atoms with Crippen molar-refractivity contribution in [2.45, 2.75) is 45.1 Å². The quantitative estimate of drug-likeness (QED) is 0.853. The summed E-state index contributed by atoms with van der Waals surface area (Å²) in [5.74, 6) is -0.0288. The second-order valence-electron chi connectivity index (χ2n) is 6.15. The standard InChI is InChI=1S/C15H20N2O4S/c1-9-13(14-11(16-9)3-2-4-12(14)18)15(19)17-10-5-7-22(20,21)8-6-10/h10,16H,2-8H2,1H3,(H,17,19). The zero-order valence-corrected chi connectivity index (χ0v) is 13.4. The van der Waals surface area contributed by atoms with E-state index in [1.54, 1.807) is 6.92 Å². The molecule has 1 aliphatic carbocycles. The molecule has 0 atom stereocenters. The number of amides is 1. The lowest BCUT2D eigenvalue weighted by Gasteiger charge is -2.23. The molecule has 0 unspecified atom stereocenters. The molecule has 2 heterocycles. The van der Waals surface area contributed by atoms with Gasteiger partial charge in [0, 0.05) is 23.9 Å². The first-order chi connectivity index (χ1) is 10.4. The van der Waals surface area contributed by atoms with Gasteiger partial charge in [-0.25, -0.2) is 8.42 Å². The summed E-state index contributed by atoms with van der Waals surface area (Å²) in [6.45, 7) is 1.80. The SMILES string of the molecule is Cc1[nH]c2c(c1C(=O)NC1CCS(=O)(=O)CC1)C(=O)CCC2. The maximum Gasteiger partial charge on any atom is 0.254 e. The number of sulfone groups is 1. The Labute approximate surface area is 129 Å². The molecule has 2 aliphatic rings. The number of hydrogen-bond acceptors (Lipinski definition) is 4. The van der Waals surface area contributed by atoms with E-state index in [0.29, 0.717) is 36.1 Å². The number of H-pyrrole nitrogens is 1. The van der Waals surface area contributed by atoms with Crippen molar-refractivity contribution in [3.05, 3.63) is 22.5 Å². The van der Waals surface area contributed by atoms with Crippen molar-refractivity contribution >= 4 is 21.5 Å². The number of aryl methyl sites for hydroxylation is 2. The van der Waals surface area contributed by atoms with Crippen molar-refractivity contribution in [3.63, 3.8) is 0 Å². The minimum atomic E-state index is -2.95. The van der Waals surface area contributed by atoms with Crippen LogP contribution in [0.4, 0.5) is 0 Å². The monoisotopic (exact) mass is 324 g/mol. The van der Waals surface area contributed by atoms with E-state index in [1.807, 2.05) is 0 Å². The summed E-state index contributed by atoms with van der Waals surface area (Å²) in [6, 6.07) is -0.139. The summed E-state index contributed by atoms with van der Waals surface area (Å²) in [7, 11) is -2.95. The summed E-state index contributed by atoms with van der Waals surface area (Å²) in [5.41, 5.74) is 2.53. The van der Waals surface area contributed by atoms with Crippen LogP contribution in [0.1, 0.15) is 57.8 Å². The molecule has 22 heavy (non-hydrogen) atoms. The number of carbonyl (C=O) groups excluding carboxylic acids is 2. The summed E-state index contributed by atoms with van der Waals surface area (Å²) < 4.78 is 22.9. The van der Waals surface area contributed by atoms with E-state index in [0.717, 1.165) is 18.5 Å². The lowest BCUT2D eigenvalue weighted by atomic mass is 9.92. The third kappa shape index (κ3) is 2.82. The third-order valence-corrected chi connectivity index (χ3v) is 6.21. The smallest absolute Gasteiger partial charge is 0.254 e. The van der Waals surface area contributed by atoms with Crippen LogP contribution in [0.3, 0.4) is 0 Å². The Balaban J connectivity index is 1.79. The first-order valence-corrected chi connectivity index (χ1v) is 9.45. The number of rotatable bonds is 2. The molecule has 7 heteroatoms. The van der Waals surface area contributed by atoms with E-state index in [-0.39, 0.29) is 29.2 Å². The number of aromatic amines is 1. The average Bonchev–Trinajstić information content (AvgIpc) is 2.79. The van der Waals surface area contributed by atoms with Crippen LogP contribution in [-0.2, 0) is 16.3 Å². The maximum absolute atomic E-state index is 12.5. The molecule has 1 fully saturated rings. The van der Waals surface area contributed by atoms with Crippen molar-refractivity contribution < 1.29 is 18.0 Å². The molecule has 1 saturated heterocycles. The van der Waals surface area contributed by atoms with Gasteiger partial charge in [-0.15, -0.1) is 0 Å². The molecule has 1 aromatic rings. The number of nitrogens with one attached hydrogen (secondary N) is 2. The Morgan fingerprint density at radius 2 is 1.91 bits per heavy atom. The lowest BCUT2D eigenvalue weighted by Crippen LogP contribution is -2.41. The van der Waals surface area contributed by atoms with E-state index < -0.39 is 9.84 Å². The van der Waals surface area contributed by atoms with E-state index >= 15 is 0 Å². The fourth-order valence-corrected chi connectivity index (χ4v) is 4.80. The van der Waals surface area contributed by atoms with Gasteiger partial charge < -0.3 is 10.3 Å². The van der Waals surface area contributed by atoms with Crippen LogP contribution in [0.25, 0.3) is 0 Å². The topological polar surface area (TPSA) is 96.1 Å². The molecule has 1 aromatic heterocycles. The molecule has 0 radical (unpaired) electrons. The lowest BCUT2D eigenvalue weighted by molar-refractivity contribution is 0.0914. The first kappa shape index (κ1) is 15.3. The van der Waals surface area contributed by atoms with E-state index in [2.05, 4.69) is 10.3 Å². The van der Waals surface area contributed by atoms with Crippen LogP contribution >= 0.6 is 0 Å². The number of aromatic nitrogens is 1. The fourth-order valence-electron chi connectivity index (χ4n) is 3.31. The summed E-state index contributed by atoms with van der Waals surface area (Å²) in [6.07, 6.45) is 2.96. The van der Waals surface area contributed by atoms with Crippen LogP contribution in [0, 0.1) is 6.92 Å². The van der Waals surface area contributed by atoms with E-state index in [1.165, 1.54) is 0 Å². The highest BCUT2D eigenvalue weighted by atomic mass is 32.2. The number of carbonyl (C=O) groups is 2. The molecular formula is C15H20N2O4S. The Kier molecular flexibility index (Phi) is 3.84. The van der Waals surface area contributed by atoms with Gasteiger partial charge in [0.15, 0.2) is 5.78 Å². The van der Waals surface area contributed by atoms with Gasteiger partial charge in [-0.1, -0.05) is 0 Å². The highest BCUT2D eigenvalue weighted by Gasteiger charge is 2.30. The highest BCUT2D eigenvalue weighted by Crippen LogP contribution is 2.27. The summed E-state index contributed by atoms with van der Waals surface area (Å²) >= 11 is 0. The maximum atomic E-state index is 12.5. The molecule has 3 rings (SSSR count). The summed E-state index contributed by atoms with van der Waals surface area (Å²) in [4.78, 5) is 27.8. The zero-order chi connectivity index (χ0) is 15.9. The van der Waals surface area contributed by atoms with Gasteiger partial charge in [0.1, 0.15) is 9.84 Å². The van der Waals surface area contributed by atoms with Gasteiger partial charge in [-0.3, -0.25) is 9.59 Å². The zero-order valence-electron chi connectivity index (χ0n) is 12.6. The fraction of sp³-hybridized carbons (Fsp3) is 0.600. The minimum absolute atomic E-state index is 0.0157. The van der Waals surface area contributed by atoms with E-state index in [9.17, 15) is 18.0 Å². The molecule has 0 aromatic carbocycles. The predicted molar refractivity (Wildman–Crippen MR) is 81.9 cm³/mol. The van der Waals surface area contributed by atoms with Crippen LogP contribution in [-0.4, -0.2) is 42.6 Å². The van der Waals surface area contributed by atoms with Crippen LogP contribution in [0.15, 0.2) is 0 Å². The number of Topliss-reactive ketones (excluding diaryl/α,β-unsaturated/α-hetero) is 1. The Hall–Kier alpha value is -1.63. The van der Waals surface area contributed by atoms with Gasteiger partial charge in [-0.05, 0) is 32.6 Å². The molecule has 6 nitrogen and oxygen atoms in total. The molecule has 0 spiro atoms. The Bertz CT molecular complexity index is 719. The summed E-state index contributed by atoms with van der Waals surface area (Å²) in [5, 5.41) is 2.89. The molecule has 2 N–H and O–H groups in total. The molecular weight excluding hydrogens is 304 g/mol. The molecule has 1 aliphatic heterocycles. The first-order valence-electron chi connectivity index (χ1n) is 7.63. The van der Waals surface area contributed by atoms with Gasteiger partial charge in [0.05, 0.1) is 22.6 Å². The largest absolute Gasteiger partial charge is 0.361 e. The van der Waals surface area contributed by atoms with Gasteiger partial charge >= 0.3 is 0 Å². The van der Waals surface area contributed by atoms with Crippen molar-refractivity contribution in [3.8, 4) is 0 Å². The average molecular weight is 324 g/mol. The van der Waals surface area contributed by atoms with Gasteiger partial charge in [0.25, 0.3) is 5.91 Å². The minimum Gasteiger partial charge on any atom is -0.361 e. The Morgan fingerprint density at radius 3 is 2.59 bits per heavy atom. The molecule has 120 valence electrons. The second-order valence-corrected chi connectivity index (χ2v) is 8.46. The van der Waals surface area contributed by atoms with Gasteiger partial charge in [-0.2, -0.15) is 0 Å². The predicted octanol–water partition coefficient (Wildman–Crippen LogP) is 1.15. The van der Waals surface area contributed by atoms with Crippen LogP contribution in [0.5, 0.6) is 0 Å². The Morgan fingerprint density at radius 1 is 1.23 bits per heavy atom.